The largest absolute Gasteiger partial charge is 0.326 e. The monoisotopic (exact) mass is 346 g/mol. The van der Waals surface area contributed by atoms with Gasteiger partial charge in [-0.15, -0.1) is 11.8 Å². The van der Waals surface area contributed by atoms with E-state index in [1.807, 2.05) is 30.0 Å². The minimum Gasteiger partial charge on any atom is -0.326 e. The van der Waals surface area contributed by atoms with Crippen molar-refractivity contribution in [3.8, 4) is 0 Å². The van der Waals surface area contributed by atoms with Gasteiger partial charge in [0.05, 0.1) is 5.03 Å². The molecule has 4 heteroatoms. The molecule has 0 atom stereocenters. The Kier molecular flexibility index (Phi) is 5.62. The zero-order valence-corrected chi connectivity index (χ0v) is 15.1. The Morgan fingerprint density at radius 3 is 2.65 bits per heavy atom. The van der Waals surface area contributed by atoms with E-state index in [0.717, 1.165) is 35.7 Å². The van der Waals surface area contributed by atoms with Gasteiger partial charge in [-0.2, -0.15) is 0 Å². The van der Waals surface area contributed by atoms with Gasteiger partial charge in [-0.3, -0.25) is 0 Å². The summed E-state index contributed by atoms with van der Waals surface area (Å²) >= 11 is 8.11. The zero-order valence-electron chi connectivity index (χ0n) is 13.6. The first-order chi connectivity index (χ1) is 11.2. The maximum absolute atomic E-state index is 6.25. The van der Waals surface area contributed by atoms with Gasteiger partial charge in [0, 0.05) is 23.0 Å². The molecular formula is C19H23ClN2S. The van der Waals surface area contributed by atoms with Gasteiger partial charge < -0.3 is 5.73 Å². The highest BCUT2D eigenvalue weighted by atomic mass is 35.5. The van der Waals surface area contributed by atoms with Crippen LogP contribution in [-0.2, 0) is 25.8 Å². The van der Waals surface area contributed by atoms with Crippen LogP contribution in [0.3, 0.4) is 0 Å². The van der Waals surface area contributed by atoms with Crippen LogP contribution in [0.25, 0.3) is 0 Å². The molecule has 2 aromatic rings. The molecule has 0 radical (unpaired) electrons. The molecule has 0 unspecified atom stereocenters. The predicted octanol–water partition coefficient (Wildman–Crippen LogP) is 4.72. The van der Waals surface area contributed by atoms with Crippen LogP contribution in [0, 0.1) is 6.92 Å². The Morgan fingerprint density at radius 2 is 1.91 bits per heavy atom. The van der Waals surface area contributed by atoms with E-state index >= 15 is 0 Å². The van der Waals surface area contributed by atoms with Crippen molar-refractivity contribution in [1.29, 1.82) is 0 Å². The third kappa shape index (κ3) is 3.73. The van der Waals surface area contributed by atoms with E-state index in [1.165, 1.54) is 40.1 Å². The second kappa shape index (κ2) is 7.69. The zero-order chi connectivity index (χ0) is 16.2. The van der Waals surface area contributed by atoms with E-state index in [0.29, 0.717) is 6.54 Å². The third-order valence-electron chi connectivity index (χ3n) is 4.57. The van der Waals surface area contributed by atoms with Crippen LogP contribution in [0.5, 0.6) is 0 Å². The summed E-state index contributed by atoms with van der Waals surface area (Å²) in [5, 5.41) is 2.07. The second-order valence-electron chi connectivity index (χ2n) is 6.04. The highest BCUT2D eigenvalue weighted by Crippen LogP contribution is 2.33. The second-order valence-corrected chi connectivity index (χ2v) is 7.53. The number of hydrogen-bond acceptors (Lipinski definition) is 3. The lowest BCUT2D eigenvalue weighted by Crippen LogP contribution is -2.14. The lowest BCUT2D eigenvalue weighted by Gasteiger charge is -2.23. The molecule has 3 rings (SSSR count). The number of benzene rings is 1. The molecule has 0 spiro atoms. The Morgan fingerprint density at radius 1 is 1.17 bits per heavy atom. The van der Waals surface area contributed by atoms with Gasteiger partial charge in [0.25, 0.3) is 0 Å². The summed E-state index contributed by atoms with van der Waals surface area (Å²) in [7, 11) is 0. The van der Waals surface area contributed by atoms with Crippen LogP contribution in [0.1, 0.15) is 40.8 Å². The molecule has 1 aromatic carbocycles. The number of pyridine rings is 1. The summed E-state index contributed by atoms with van der Waals surface area (Å²) in [5.41, 5.74) is 12.5. The lowest BCUT2D eigenvalue weighted by atomic mass is 9.89. The standard InChI is InChI=1S/C19H23ClN2S/c1-13-17(12-21)15-7-3-4-8-16(15)19(22-13)23-11-10-14-6-2-5-9-18(14)20/h2,5-6,9H,3-4,7-8,10-12,21H2,1H3. The Balaban J connectivity index is 1.78. The summed E-state index contributed by atoms with van der Waals surface area (Å²) in [4.78, 5) is 4.86. The molecule has 0 amide bonds. The molecule has 1 aliphatic rings. The van der Waals surface area contributed by atoms with Gasteiger partial charge in [0.1, 0.15) is 0 Å². The lowest BCUT2D eigenvalue weighted by molar-refractivity contribution is 0.655. The van der Waals surface area contributed by atoms with E-state index in [9.17, 15) is 0 Å². The van der Waals surface area contributed by atoms with E-state index in [1.54, 1.807) is 0 Å². The average Bonchev–Trinajstić information content (AvgIpc) is 2.57. The molecule has 1 aromatic heterocycles. The summed E-state index contributed by atoms with van der Waals surface area (Å²) < 4.78 is 0. The molecule has 1 aliphatic carbocycles. The fraction of sp³-hybridized carbons (Fsp3) is 0.421. The number of rotatable bonds is 5. The number of nitrogens with zero attached hydrogens (tertiary/aromatic N) is 1. The van der Waals surface area contributed by atoms with Crippen LogP contribution in [0.4, 0.5) is 0 Å². The molecule has 1 heterocycles. The van der Waals surface area contributed by atoms with Crippen LogP contribution >= 0.6 is 23.4 Å². The molecule has 2 nitrogen and oxygen atoms in total. The molecule has 122 valence electrons. The number of nitrogens with two attached hydrogens (primary N) is 1. The fourth-order valence-corrected chi connectivity index (χ4v) is 4.68. The number of aryl methyl sites for hydroxylation is 2. The van der Waals surface area contributed by atoms with Crippen LogP contribution in [0.2, 0.25) is 5.02 Å². The molecule has 0 aliphatic heterocycles. The number of aromatic nitrogens is 1. The number of hydrogen-bond donors (Lipinski definition) is 1. The van der Waals surface area contributed by atoms with Crippen molar-refractivity contribution in [3.05, 3.63) is 57.2 Å². The van der Waals surface area contributed by atoms with Crippen LogP contribution in [0.15, 0.2) is 29.3 Å². The highest BCUT2D eigenvalue weighted by Gasteiger charge is 2.20. The molecule has 0 saturated heterocycles. The summed E-state index contributed by atoms with van der Waals surface area (Å²) in [6.45, 7) is 2.70. The number of thioether (sulfide) groups is 1. The number of halogens is 1. The van der Waals surface area contributed by atoms with Crippen molar-refractivity contribution in [2.75, 3.05) is 5.75 Å². The van der Waals surface area contributed by atoms with Crippen molar-refractivity contribution < 1.29 is 0 Å². The molecule has 2 N–H and O–H groups in total. The van der Waals surface area contributed by atoms with E-state index < -0.39 is 0 Å². The Bertz CT molecular complexity index is 700. The summed E-state index contributed by atoms with van der Waals surface area (Å²) in [6, 6.07) is 8.09. The fourth-order valence-electron chi connectivity index (χ4n) is 3.33. The summed E-state index contributed by atoms with van der Waals surface area (Å²) in [6.07, 6.45) is 5.80. The smallest absolute Gasteiger partial charge is 0.0998 e. The average molecular weight is 347 g/mol. The minimum absolute atomic E-state index is 0.603. The minimum atomic E-state index is 0.603. The predicted molar refractivity (Wildman–Crippen MR) is 99.4 cm³/mol. The van der Waals surface area contributed by atoms with Crippen molar-refractivity contribution in [1.82, 2.24) is 4.98 Å². The molecule has 23 heavy (non-hydrogen) atoms. The van der Waals surface area contributed by atoms with Crippen molar-refractivity contribution in [2.24, 2.45) is 5.73 Å². The third-order valence-corrected chi connectivity index (χ3v) is 5.96. The van der Waals surface area contributed by atoms with Gasteiger partial charge in [0.2, 0.25) is 0 Å². The Hall–Kier alpha value is -1.03. The van der Waals surface area contributed by atoms with Crippen LogP contribution < -0.4 is 5.73 Å². The molecule has 0 bridgehead atoms. The van der Waals surface area contributed by atoms with Gasteiger partial charge in [-0.05, 0) is 67.3 Å². The van der Waals surface area contributed by atoms with Crippen LogP contribution in [-0.4, -0.2) is 10.7 Å². The first kappa shape index (κ1) is 16.8. The summed E-state index contributed by atoms with van der Waals surface area (Å²) in [5.74, 6) is 1.00. The Labute approximate surface area is 147 Å². The van der Waals surface area contributed by atoms with E-state index in [2.05, 4.69) is 13.0 Å². The van der Waals surface area contributed by atoms with Crippen molar-refractivity contribution >= 4 is 23.4 Å². The molecule has 0 fully saturated rings. The topological polar surface area (TPSA) is 38.9 Å². The maximum Gasteiger partial charge on any atom is 0.0998 e. The number of fused-ring (bicyclic) bond motifs is 1. The normalized spacial score (nSPS) is 13.9. The van der Waals surface area contributed by atoms with E-state index in [-0.39, 0.29) is 0 Å². The molecular weight excluding hydrogens is 324 g/mol. The van der Waals surface area contributed by atoms with E-state index in [4.69, 9.17) is 22.3 Å². The van der Waals surface area contributed by atoms with Gasteiger partial charge in [-0.1, -0.05) is 29.8 Å². The quantitative estimate of drug-likeness (QED) is 0.796. The maximum atomic E-state index is 6.25. The van der Waals surface area contributed by atoms with Crippen molar-refractivity contribution in [2.45, 2.75) is 50.6 Å². The first-order valence-electron chi connectivity index (χ1n) is 8.28. The van der Waals surface area contributed by atoms with Crippen molar-refractivity contribution in [3.63, 3.8) is 0 Å². The van der Waals surface area contributed by atoms with Gasteiger partial charge >= 0.3 is 0 Å². The molecule has 0 saturated carbocycles. The first-order valence-corrected chi connectivity index (χ1v) is 9.64. The SMILES string of the molecule is Cc1nc(SCCc2ccccc2Cl)c2c(c1CN)CCCC2. The van der Waals surface area contributed by atoms with Gasteiger partial charge in [0.15, 0.2) is 0 Å². The highest BCUT2D eigenvalue weighted by molar-refractivity contribution is 7.99. The van der Waals surface area contributed by atoms with Gasteiger partial charge in [-0.25, -0.2) is 4.98 Å².